The van der Waals surface area contributed by atoms with Gasteiger partial charge in [0.25, 0.3) is 0 Å². The Labute approximate surface area is 750 Å². The normalized spacial score (nSPS) is 20.6. The van der Waals surface area contributed by atoms with Gasteiger partial charge in [-0.3, -0.25) is 0 Å². The molecule has 0 aliphatic carbocycles. The quantitative estimate of drug-likeness (QED) is 0.0666. The van der Waals surface area contributed by atoms with Gasteiger partial charge in [-0.2, -0.15) is 0 Å². The van der Waals surface area contributed by atoms with E-state index < -0.39 is 41.5 Å². The minimum absolute atomic E-state index is 0.157. The van der Waals surface area contributed by atoms with Crippen LogP contribution in [0.2, 0.25) is 0 Å². The molecule has 16 rings (SSSR count). The average molecular weight is 2350 g/mol. The predicted octanol–water partition coefficient (Wildman–Crippen LogP) is 13.4. The van der Waals surface area contributed by atoms with Crippen LogP contribution in [0.3, 0.4) is 0 Å². The van der Waals surface area contributed by atoms with E-state index in [2.05, 4.69) is 97.1 Å². The molecule has 8 aliphatic rings. The van der Waals surface area contributed by atoms with Gasteiger partial charge in [0.05, 0.1) is 0 Å². The molecule has 0 spiro atoms. The molecule has 8 heterocycles. The van der Waals surface area contributed by atoms with E-state index >= 15 is 0 Å². The third-order valence-electron chi connectivity index (χ3n) is 14.0. The van der Waals surface area contributed by atoms with Crippen molar-refractivity contribution in [1.29, 1.82) is 0 Å². The van der Waals surface area contributed by atoms with E-state index in [4.69, 9.17) is 167 Å². The van der Waals surface area contributed by atoms with Crippen molar-refractivity contribution in [3.63, 3.8) is 0 Å². The second kappa shape index (κ2) is 54.4. The zero-order valence-corrected chi connectivity index (χ0v) is 88.1. The molecule has 112 heavy (non-hydrogen) atoms. The molecule has 8 aromatic rings. The fraction of sp³-hybridized carbons (Fsp3) is 0.333. The predicted molar refractivity (Wildman–Crippen MR) is 501 cm³/mol. The van der Waals surface area contributed by atoms with Gasteiger partial charge in [0.2, 0.25) is 0 Å². The first kappa shape index (κ1) is 98.3. The Bertz CT molecular complexity index is 3510. The van der Waals surface area contributed by atoms with Crippen molar-refractivity contribution in [2.45, 2.75) is 51.4 Å². The van der Waals surface area contributed by atoms with Crippen LogP contribution in [-0.4, -0.2) is 222 Å². The van der Waals surface area contributed by atoms with Crippen molar-refractivity contribution in [2.75, 3.05) is 106 Å². The Balaban J connectivity index is 0.000000147. The molecule has 608 valence electrons. The molecule has 40 heteroatoms. The molecule has 0 aromatic heterocycles. The molecular weight excluding hydrogens is 2260 g/mol. The molecule has 0 radical (unpaired) electrons. The van der Waals surface area contributed by atoms with Crippen molar-refractivity contribution >= 4 is 288 Å². The first-order valence-electron chi connectivity index (χ1n) is 35.4. The number of benzene rings is 8. The number of rotatable bonds is 16. The van der Waals surface area contributed by atoms with Crippen LogP contribution in [0.25, 0.3) is 0 Å². The van der Waals surface area contributed by atoms with Gasteiger partial charge in [-0.15, -0.1) is 0 Å². The fourth-order valence-electron chi connectivity index (χ4n) is 8.90. The van der Waals surface area contributed by atoms with Crippen molar-refractivity contribution in [2.24, 2.45) is 0 Å². The van der Waals surface area contributed by atoms with Crippen LogP contribution >= 0.6 is 41.5 Å². The van der Waals surface area contributed by atoms with Gasteiger partial charge < -0.3 is 0 Å². The minimum atomic E-state index is -1.94. The number of hydrogen-bond donors (Lipinski definition) is 0. The molecule has 0 atom stereocenters. The van der Waals surface area contributed by atoms with E-state index in [-0.39, 0.29) is 116 Å². The van der Waals surface area contributed by atoms with Crippen LogP contribution in [0.15, 0.2) is 243 Å². The van der Waals surface area contributed by atoms with Crippen molar-refractivity contribution in [3.05, 3.63) is 243 Å². The molecular formula is C72H88O16P8S8Se8. The van der Waals surface area contributed by atoms with Gasteiger partial charge in [0, 0.05) is 0 Å². The molecule has 0 amide bonds. The van der Waals surface area contributed by atoms with Gasteiger partial charge >= 0.3 is 760 Å². The molecule has 8 aromatic carbocycles. The molecule has 8 fully saturated rings. The van der Waals surface area contributed by atoms with E-state index in [9.17, 15) is 0 Å². The van der Waals surface area contributed by atoms with Crippen molar-refractivity contribution in [3.8, 4) is 0 Å². The summed E-state index contributed by atoms with van der Waals surface area (Å²) in [6.07, 6.45) is 7.80. The SMILES string of the molecule is S=P1([Se]c2ccccc2)OCCCO1.S=P1([Se]c2ccccc2)OCCCO1.S=P1([Se]c2ccccc2)OCCCO1.S=P1([Se]c2ccccc2)OCCCO1.S=P1([Se]c2ccccc2)OCCCO1.S=P1([Se]c2ccccc2)OCCCO1.S=P1([Se]c2ccccc2)OCCCO1.S=P1([Se]c2ccccc2)OCCCO1. The Hall–Kier alpha value is 2.48. The zero-order valence-electron chi connectivity index (χ0n) is 60.7. The summed E-state index contributed by atoms with van der Waals surface area (Å²) in [5.74, 6) is 0. The van der Waals surface area contributed by atoms with Crippen LogP contribution in [0.4, 0.5) is 0 Å². The molecule has 0 saturated carbocycles. The summed E-state index contributed by atoms with van der Waals surface area (Å²) in [6.45, 7) is 12.3. The van der Waals surface area contributed by atoms with Crippen LogP contribution in [0.5, 0.6) is 0 Å². The monoisotopic (exact) mass is 2350 g/mol. The Kier molecular flexibility index (Phi) is 47.7. The van der Waals surface area contributed by atoms with Crippen LogP contribution in [-0.2, 0) is 167 Å². The van der Waals surface area contributed by atoms with Crippen LogP contribution in [0, 0.1) is 0 Å². The Morgan fingerprint density at radius 1 is 0.143 bits per heavy atom. The maximum absolute atomic E-state index is 5.60. The summed E-state index contributed by atoms with van der Waals surface area (Å²) in [6, 6.07) is 82.1. The maximum atomic E-state index is 5.60. The molecule has 0 bridgehead atoms. The van der Waals surface area contributed by atoms with Gasteiger partial charge in [-0.25, -0.2) is 0 Å². The van der Waals surface area contributed by atoms with E-state index in [1.807, 2.05) is 146 Å². The first-order chi connectivity index (χ1) is 54.3. The summed E-state index contributed by atoms with van der Waals surface area (Å²) in [7, 11) is 0. The summed E-state index contributed by atoms with van der Waals surface area (Å²) in [5, 5.41) is -15.5. The van der Waals surface area contributed by atoms with E-state index in [1.165, 1.54) is 35.7 Å². The van der Waals surface area contributed by atoms with Gasteiger partial charge in [-0.1, -0.05) is 0 Å². The van der Waals surface area contributed by atoms with E-state index in [0.717, 1.165) is 157 Å². The Morgan fingerprint density at radius 3 is 0.304 bits per heavy atom. The fourth-order valence-corrected chi connectivity index (χ4v) is 67.9. The molecule has 0 unspecified atom stereocenters. The summed E-state index contributed by atoms with van der Waals surface area (Å²) in [5.41, 5.74) is 0. The third-order valence-corrected chi connectivity index (χ3v) is 76.9. The van der Waals surface area contributed by atoms with Gasteiger partial charge in [0.1, 0.15) is 0 Å². The van der Waals surface area contributed by atoms with Crippen molar-refractivity contribution < 1.29 is 72.4 Å². The zero-order chi connectivity index (χ0) is 78.8. The number of hydrogen-bond acceptors (Lipinski definition) is 24. The van der Waals surface area contributed by atoms with Gasteiger partial charge in [0.15, 0.2) is 0 Å². The Morgan fingerprint density at radius 2 is 0.223 bits per heavy atom. The molecule has 8 saturated heterocycles. The summed E-state index contributed by atoms with van der Waals surface area (Å²) < 4.78 is 99.8. The van der Waals surface area contributed by atoms with Crippen LogP contribution in [0.1, 0.15) is 51.4 Å². The van der Waals surface area contributed by atoms with E-state index in [0.29, 0.717) is 0 Å². The van der Waals surface area contributed by atoms with E-state index in [1.54, 1.807) is 0 Å². The average Bonchev–Trinajstić information content (AvgIpc) is 0.908. The standard InChI is InChI=1S/8C9H11O2PSSe/c8*13-12(10-7-4-8-11-12)14-9-5-2-1-3-6-9/h8*1-3,5-6H,4,7-8H2. The van der Waals surface area contributed by atoms with Crippen molar-refractivity contribution in [1.82, 2.24) is 0 Å². The molecule has 16 nitrogen and oxygen atoms in total. The topological polar surface area (TPSA) is 148 Å². The van der Waals surface area contributed by atoms with Gasteiger partial charge in [-0.05, 0) is 0 Å². The second-order valence-corrected chi connectivity index (χ2v) is 101. The summed E-state index contributed by atoms with van der Waals surface area (Å²) >= 11 is 44.7. The molecule has 8 aliphatic heterocycles. The van der Waals surface area contributed by atoms with Crippen LogP contribution < -0.4 is 35.7 Å². The third kappa shape index (κ3) is 40.2. The molecule has 0 N–H and O–H groups in total. The summed E-state index contributed by atoms with van der Waals surface area (Å²) in [4.78, 5) is 0. The second-order valence-electron chi connectivity index (χ2n) is 23.0. The first-order valence-corrected chi connectivity index (χ1v) is 81.1.